The smallest absolute Gasteiger partial charge is 0.152 e. The molecule has 1 aromatic carbocycles. The van der Waals surface area contributed by atoms with Gasteiger partial charge in [-0.3, -0.25) is 4.31 Å². The van der Waals surface area contributed by atoms with Gasteiger partial charge in [0.1, 0.15) is 5.76 Å². The maximum Gasteiger partial charge on any atom is 0.152 e. The van der Waals surface area contributed by atoms with Crippen LogP contribution in [0.4, 0.5) is 5.69 Å². The number of hydrogen-bond donors (Lipinski definition) is 1. The topological polar surface area (TPSA) is 40.5 Å². The van der Waals surface area contributed by atoms with Gasteiger partial charge < -0.3 is 5.11 Å². The fourth-order valence-corrected chi connectivity index (χ4v) is 3.60. The number of nitrogens with zero attached hydrogens (tertiary/aromatic N) is 1. The maximum atomic E-state index is 12.2. The third kappa shape index (κ3) is 1.52. The Labute approximate surface area is 111 Å². The number of anilines is 1. The van der Waals surface area contributed by atoms with Gasteiger partial charge in [-0.2, -0.15) is 0 Å². The number of rotatable bonds is 0. The Bertz CT molecular complexity index is 603. The van der Waals surface area contributed by atoms with E-state index in [1.54, 1.807) is 11.2 Å². The molecule has 18 heavy (non-hydrogen) atoms. The van der Waals surface area contributed by atoms with Crippen molar-refractivity contribution in [1.82, 2.24) is 0 Å². The molecule has 1 heterocycles. The molecule has 0 radical (unpaired) electrons. The van der Waals surface area contributed by atoms with Crippen molar-refractivity contribution in [1.29, 1.82) is 0 Å². The zero-order valence-electron chi connectivity index (χ0n) is 11.7. The fraction of sp³-hybridized carbons (Fsp3) is 0.429. The van der Waals surface area contributed by atoms with Crippen molar-refractivity contribution in [3.8, 4) is 0 Å². The van der Waals surface area contributed by atoms with E-state index in [1.165, 1.54) is 11.1 Å². The molecule has 0 amide bonds. The lowest BCUT2D eigenvalue weighted by Gasteiger charge is -2.31. The summed E-state index contributed by atoms with van der Waals surface area (Å²) < 4.78 is 13.9. The first-order valence-electron chi connectivity index (χ1n) is 5.95. The van der Waals surface area contributed by atoms with E-state index in [2.05, 4.69) is 13.8 Å². The number of allylic oxidation sites excluding steroid dienone is 1. The van der Waals surface area contributed by atoms with Gasteiger partial charge in [0.15, 0.2) is 11.0 Å². The molecule has 0 aliphatic carbocycles. The zero-order valence-corrected chi connectivity index (χ0v) is 12.5. The standard InChI is InChI=1S/C14H19NO2S/c1-7-8(2)10(4)13-12(9(7)3)14(16)11(5)18(17)15(13)6/h16H,1-6H3. The van der Waals surface area contributed by atoms with Gasteiger partial charge in [-0.15, -0.1) is 0 Å². The number of aliphatic hydroxyl groups excluding tert-OH is 1. The molecule has 1 N–H and O–H groups in total. The lowest BCUT2D eigenvalue weighted by Crippen LogP contribution is -2.28. The van der Waals surface area contributed by atoms with E-state index in [-0.39, 0.29) is 5.76 Å². The van der Waals surface area contributed by atoms with Crippen LogP contribution in [0, 0.1) is 27.7 Å². The van der Waals surface area contributed by atoms with Crippen molar-refractivity contribution in [3.05, 3.63) is 32.7 Å². The lowest BCUT2D eigenvalue weighted by atomic mass is 9.91. The van der Waals surface area contributed by atoms with Gasteiger partial charge in [-0.05, 0) is 56.9 Å². The summed E-state index contributed by atoms with van der Waals surface area (Å²) in [5, 5.41) is 10.3. The molecule has 0 saturated heterocycles. The van der Waals surface area contributed by atoms with Gasteiger partial charge >= 0.3 is 0 Å². The molecular weight excluding hydrogens is 246 g/mol. The normalized spacial score (nSPS) is 19.2. The van der Waals surface area contributed by atoms with Crippen LogP contribution in [-0.2, 0) is 11.0 Å². The highest BCUT2D eigenvalue weighted by Crippen LogP contribution is 2.42. The second-order valence-electron chi connectivity index (χ2n) is 4.88. The Balaban J connectivity index is 2.96. The fourth-order valence-electron chi connectivity index (χ4n) is 2.52. The van der Waals surface area contributed by atoms with Gasteiger partial charge in [0.25, 0.3) is 0 Å². The molecule has 0 spiro atoms. The van der Waals surface area contributed by atoms with Crippen LogP contribution in [0.15, 0.2) is 4.91 Å². The molecule has 2 rings (SSSR count). The summed E-state index contributed by atoms with van der Waals surface area (Å²) in [6.07, 6.45) is 0. The highest BCUT2D eigenvalue weighted by atomic mass is 32.2. The average molecular weight is 265 g/mol. The van der Waals surface area contributed by atoms with E-state index in [9.17, 15) is 9.32 Å². The molecule has 4 heteroatoms. The van der Waals surface area contributed by atoms with Crippen LogP contribution in [0.25, 0.3) is 5.76 Å². The quantitative estimate of drug-likeness (QED) is 0.782. The minimum Gasteiger partial charge on any atom is -0.506 e. The highest BCUT2D eigenvalue weighted by molar-refractivity contribution is 7.90. The van der Waals surface area contributed by atoms with E-state index in [0.717, 1.165) is 22.4 Å². The summed E-state index contributed by atoms with van der Waals surface area (Å²) in [4.78, 5) is 0.524. The highest BCUT2D eigenvalue weighted by Gasteiger charge is 2.30. The Morgan fingerprint density at radius 2 is 1.44 bits per heavy atom. The SMILES string of the molecule is CC1=C(O)c2c(C)c(C)c(C)c(C)c2N(C)S1=O. The third-order valence-corrected chi connectivity index (χ3v) is 5.45. The van der Waals surface area contributed by atoms with Gasteiger partial charge in [-0.1, -0.05) is 0 Å². The van der Waals surface area contributed by atoms with Crippen LogP contribution in [0.2, 0.25) is 0 Å². The van der Waals surface area contributed by atoms with Crippen LogP contribution in [0.5, 0.6) is 0 Å². The Morgan fingerprint density at radius 1 is 0.944 bits per heavy atom. The second-order valence-corrected chi connectivity index (χ2v) is 6.53. The second kappa shape index (κ2) is 4.12. The molecular formula is C14H19NO2S. The van der Waals surface area contributed by atoms with Gasteiger partial charge in [0, 0.05) is 12.6 Å². The first-order chi connectivity index (χ1) is 8.29. The van der Waals surface area contributed by atoms with Crippen molar-refractivity contribution in [2.24, 2.45) is 0 Å². The number of fused-ring (bicyclic) bond motifs is 1. The summed E-state index contributed by atoms with van der Waals surface area (Å²) in [6.45, 7) is 9.87. The molecule has 1 aliphatic rings. The van der Waals surface area contributed by atoms with Crippen molar-refractivity contribution >= 4 is 22.4 Å². The predicted octanol–water partition coefficient (Wildman–Crippen LogP) is 3.28. The minimum atomic E-state index is -1.29. The van der Waals surface area contributed by atoms with E-state index < -0.39 is 11.0 Å². The van der Waals surface area contributed by atoms with Crippen LogP contribution >= 0.6 is 0 Å². The monoisotopic (exact) mass is 265 g/mol. The Kier molecular flexibility index (Phi) is 3.01. The summed E-state index contributed by atoms with van der Waals surface area (Å²) in [6, 6.07) is 0. The van der Waals surface area contributed by atoms with Crippen molar-refractivity contribution in [3.63, 3.8) is 0 Å². The summed E-state index contributed by atoms with van der Waals surface area (Å²) in [5.41, 5.74) is 6.25. The van der Waals surface area contributed by atoms with Crippen molar-refractivity contribution < 1.29 is 9.32 Å². The van der Waals surface area contributed by atoms with Crippen LogP contribution in [-0.4, -0.2) is 16.4 Å². The molecule has 3 nitrogen and oxygen atoms in total. The number of benzene rings is 1. The lowest BCUT2D eigenvalue weighted by molar-refractivity contribution is 0.508. The summed E-state index contributed by atoms with van der Waals surface area (Å²) >= 11 is 0. The van der Waals surface area contributed by atoms with Crippen molar-refractivity contribution in [2.45, 2.75) is 34.6 Å². The van der Waals surface area contributed by atoms with Crippen LogP contribution in [0.1, 0.15) is 34.7 Å². The first kappa shape index (κ1) is 13.1. The summed E-state index contributed by atoms with van der Waals surface area (Å²) in [7, 11) is 0.520. The van der Waals surface area contributed by atoms with Crippen LogP contribution in [0.3, 0.4) is 0 Å². The molecule has 1 aromatic rings. The van der Waals surface area contributed by atoms with E-state index in [4.69, 9.17) is 0 Å². The molecule has 1 aliphatic heterocycles. The van der Waals surface area contributed by atoms with Crippen LogP contribution < -0.4 is 4.31 Å². The number of hydrogen-bond acceptors (Lipinski definition) is 2. The molecule has 0 fully saturated rings. The predicted molar refractivity (Wildman–Crippen MR) is 77.2 cm³/mol. The summed E-state index contributed by atoms with van der Waals surface area (Å²) in [5.74, 6) is 0.171. The molecule has 0 saturated carbocycles. The molecule has 1 unspecified atom stereocenters. The molecule has 98 valence electrons. The van der Waals surface area contributed by atoms with Gasteiger partial charge in [-0.25, -0.2) is 4.21 Å². The molecule has 0 aromatic heterocycles. The zero-order chi connectivity index (χ0) is 13.8. The molecule has 0 bridgehead atoms. The molecule has 1 atom stereocenters. The number of aliphatic hydroxyl groups is 1. The van der Waals surface area contributed by atoms with E-state index in [0.29, 0.717) is 4.91 Å². The van der Waals surface area contributed by atoms with Crippen molar-refractivity contribution in [2.75, 3.05) is 11.4 Å². The van der Waals surface area contributed by atoms with E-state index in [1.807, 2.05) is 20.9 Å². The average Bonchev–Trinajstić information content (AvgIpc) is 2.35. The Hall–Kier alpha value is -1.29. The van der Waals surface area contributed by atoms with E-state index >= 15 is 0 Å². The Morgan fingerprint density at radius 3 is 2.00 bits per heavy atom. The minimum absolute atomic E-state index is 0.171. The largest absolute Gasteiger partial charge is 0.506 e. The van der Waals surface area contributed by atoms with Gasteiger partial charge in [0.05, 0.1) is 10.6 Å². The maximum absolute atomic E-state index is 12.2. The first-order valence-corrected chi connectivity index (χ1v) is 7.05. The van der Waals surface area contributed by atoms with Gasteiger partial charge in [0.2, 0.25) is 0 Å². The third-order valence-electron chi connectivity index (χ3n) is 4.05.